The van der Waals surface area contributed by atoms with E-state index < -0.39 is 5.54 Å². The van der Waals surface area contributed by atoms with Crippen molar-refractivity contribution in [2.45, 2.75) is 56.1 Å². The number of nitrogens with two attached hydrogens (primary N) is 1. The Kier molecular flexibility index (Phi) is 7.34. The summed E-state index contributed by atoms with van der Waals surface area (Å²) in [5.74, 6) is 1.46. The van der Waals surface area contributed by atoms with Crippen LogP contribution in [0.15, 0.2) is 60.8 Å². The standard InChI is InChI=1S/C28H34N6O3/c1-37-24-8-4-6-20(18-24)25-14-16-30-27(32-25)28(29)15-3-2-9-26(28)31-21-7-5-17-33(19-21)22-10-12-23(13-11-22)34(35)36/h4,6,8,10-14,16,18,21,26,31H,2-3,5,7,9,15,17,19,29H2,1H3/t21?,26?,28-/m0/s1. The Morgan fingerprint density at radius 2 is 1.97 bits per heavy atom. The number of benzene rings is 2. The highest BCUT2D eigenvalue weighted by Crippen LogP contribution is 2.35. The monoisotopic (exact) mass is 502 g/mol. The van der Waals surface area contributed by atoms with Crippen LogP contribution in [0.5, 0.6) is 5.75 Å². The van der Waals surface area contributed by atoms with Crippen LogP contribution in [0, 0.1) is 10.1 Å². The first kappa shape index (κ1) is 25.1. The Hall–Kier alpha value is -3.56. The fraction of sp³-hybridized carbons (Fsp3) is 0.429. The molecule has 1 aliphatic heterocycles. The second kappa shape index (κ2) is 10.8. The van der Waals surface area contributed by atoms with Gasteiger partial charge in [-0.05, 0) is 56.0 Å². The van der Waals surface area contributed by atoms with Crippen LogP contribution in [0.25, 0.3) is 11.3 Å². The molecule has 3 N–H and O–H groups in total. The molecule has 3 atom stereocenters. The Balaban J connectivity index is 1.34. The molecule has 194 valence electrons. The summed E-state index contributed by atoms with van der Waals surface area (Å²) in [6.07, 6.45) is 7.85. The predicted molar refractivity (Wildman–Crippen MR) is 144 cm³/mol. The maximum atomic E-state index is 11.0. The number of hydrogen-bond acceptors (Lipinski definition) is 8. The fourth-order valence-electron chi connectivity index (χ4n) is 5.64. The molecule has 0 bridgehead atoms. The Bertz CT molecular complexity index is 1240. The van der Waals surface area contributed by atoms with Gasteiger partial charge < -0.3 is 20.7 Å². The van der Waals surface area contributed by atoms with Crippen molar-refractivity contribution >= 4 is 11.4 Å². The minimum absolute atomic E-state index is 0.0589. The third-order valence-electron chi connectivity index (χ3n) is 7.68. The van der Waals surface area contributed by atoms with Crippen molar-refractivity contribution in [1.29, 1.82) is 0 Å². The first-order valence-corrected chi connectivity index (χ1v) is 13.0. The summed E-state index contributed by atoms with van der Waals surface area (Å²) in [5.41, 5.74) is 9.41. The van der Waals surface area contributed by atoms with Gasteiger partial charge in [-0.2, -0.15) is 0 Å². The molecule has 1 aromatic heterocycles. The van der Waals surface area contributed by atoms with Crippen LogP contribution in [-0.2, 0) is 5.54 Å². The van der Waals surface area contributed by atoms with Crippen LogP contribution in [0.4, 0.5) is 11.4 Å². The number of hydrogen-bond donors (Lipinski definition) is 2. The van der Waals surface area contributed by atoms with E-state index in [1.165, 1.54) is 0 Å². The fourth-order valence-corrected chi connectivity index (χ4v) is 5.64. The number of non-ortho nitro benzene ring substituents is 1. The van der Waals surface area contributed by atoms with Crippen LogP contribution in [-0.4, -0.2) is 47.2 Å². The molecule has 9 nitrogen and oxygen atoms in total. The van der Waals surface area contributed by atoms with Crippen molar-refractivity contribution < 1.29 is 9.66 Å². The Morgan fingerprint density at radius 1 is 1.14 bits per heavy atom. The number of piperidine rings is 1. The lowest BCUT2D eigenvalue weighted by molar-refractivity contribution is -0.384. The lowest BCUT2D eigenvalue weighted by atomic mass is 9.76. The number of rotatable bonds is 7. The van der Waals surface area contributed by atoms with Crippen LogP contribution < -0.4 is 20.7 Å². The first-order chi connectivity index (χ1) is 18.0. The van der Waals surface area contributed by atoms with Gasteiger partial charge in [-0.1, -0.05) is 25.0 Å². The molecule has 0 spiro atoms. The van der Waals surface area contributed by atoms with Crippen LogP contribution in [0.2, 0.25) is 0 Å². The maximum absolute atomic E-state index is 11.0. The number of nitro benzene ring substituents is 1. The summed E-state index contributed by atoms with van der Waals surface area (Å²) >= 11 is 0. The molecule has 2 aromatic carbocycles. The highest BCUT2D eigenvalue weighted by atomic mass is 16.6. The topological polar surface area (TPSA) is 119 Å². The van der Waals surface area contributed by atoms with Gasteiger partial charge in [0.15, 0.2) is 0 Å². The van der Waals surface area contributed by atoms with Gasteiger partial charge in [0.1, 0.15) is 11.6 Å². The molecule has 9 heteroatoms. The average Bonchev–Trinajstić information content (AvgIpc) is 2.94. The van der Waals surface area contributed by atoms with Gasteiger partial charge in [0.25, 0.3) is 5.69 Å². The largest absolute Gasteiger partial charge is 0.497 e. The molecule has 37 heavy (non-hydrogen) atoms. The molecule has 5 rings (SSSR count). The van der Waals surface area contributed by atoms with Gasteiger partial charge in [-0.25, -0.2) is 9.97 Å². The molecular formula is C28H34N6O3. The van der Waals surface area contributed by atoms with Crippen molar-refractivity contribution in [3.8, 4) is 17.0 Å². The van der Waals surface area contributed by atoms with Crippen molar-refractivity contribution in [3.05, 3.63) is 76.7 Å². The number of aromatic nitrogens is 2. The quantitative estimate of drug-likeness (QED) is 0.360. The highest BCUT2D eigenvalue weighted by Gasteiger charge is 2.42. The third kappa shape index (κ3) is 5.42. The zero-order valence-corrected chi connectivity index (χ0v) is 21.2. The summed E-state index contributed by atoms with van der Waals surface area (Å²) in [6, 6.07) is 16.9. The number of nitrogens with zero attached hydrogens (tertiary/aromatic N) is 4. The van der Waals surface area contributed by atoms with E-state index in [1.807, 2.05) is 42.5 Å². The molecule has 2 fully saturated rings. The van der Waals surface area contributed by atoms with E-state index >= 15 is 0 Å². The molecule has 1 saturated heterocycles. The van der Waals surface area contributed by atoms with Gasteiger partial charge in [-0.15, -0.1) is 0 Å². The Morgan fingerprint density at radius 3 is 2.76 bits per heavy atom. The lowest BCUT2D eigenvalue weighted by Crippen LogP contribution is -2.61. The molecule has 2 heterocycles. The number of ether oxygens (including phenoxy) is 1. The summed E-state index contributed by atoms with van der Waals surface area (Å²) in [6.45, 7) is 1.76. The second-order valence-electron chi connectivity index (χ2n) is 10.1. The van der Waals surface area contributed by atoms with Gasteiger partial charge in [0.2, 0.25) is 0 Å². The average molecular weight is 503 g/mol. The minimum Gasteiger partial charge on any atom is -0.497 e. The van der Waals surface area contributed by atoms with Crippen molar-refractivity contribution in [2.24, 2.45) is 5.73 Å². The van der Waals surface area contributed by atoms with Crippen LogP contribution >= 0.6 is 0 Å². The number of nitrogens with one attached hydrogen (secondary N) is 1. The summed E-state index contributed by atoms with van der Waals surface area (Å²) in [4.78, 5) is 22.6. The SMILES string of the molecule is COc1cccc(-c2ccnc([C@]3(N)CCCCC3NC3CCCN(c4ccc([N+](=O)[O-])cc4)C3)n2)c1. The summed E-state index contributed by atoms with van der Waals surface area (Å²) < 4.78 is 5.39. The van der Waals surface area contributed by atoms with E-state index in [9.17, 15) is 10.1 Å². The molecule has 3 aromatic rings. The van der Waals surface area contributed by atoms with E-state index in [2.05, 4.69) is 15.2 Å². The van der Waals surface area contributed by atoms with Crippen molar-refractivity contribution in [2.75, 3.05) is 25.1 Å². The molecule has 0 radical (unpaired) electrons. The van der Waals surface area contributed by atoms with Gasteiger partial charge in [-0.3, -0.25) is 10.1 Å². The highest BCUT2D eigenvalue weighted by molar-refractivity contribution is 5.61. The maximum Gasteiger partial charge on any atom is 0.269 e. The molecule has 1 saturated carbocycles. The second-order valence-corrected chi connectivity index (χ2v) is 10.1. The van der Waals surface area contributed by atoms with E-state index in [1.54, 1.807) is 25.4 Å². The smallest absolute Gasteiger partial charge is 0.269 e. The van der Waals surface area contributed by atoms with Crippen molar-refractivity contribution in [1.82, 2.24) is 15.3 Å². The molecule has 0 amide bonds. The van der Waals surface area contributed by atoms with Gasteiger partial charge in [0, 0.05) is 54.8 Å². The lowest BCUT2D eigenvalue weighted by Gasteiger charge is -2.44. The zero-order valence-electron chi connectivity index (χ0n) is 21.2. The first-order valence-electron chi connectivity index (χ1n) is 13.0. The zero-order chi connectivity index (χ0) is 25.8. The van der Waals surface area contributed by atoms with Crippen LogP contribution in [0.1, 0.15) is 44.3 Å². The molecule has 2 unspecified atom stereocenters. The Labute approximate surface area is 217 Å². The molecule has 1 aliphatic carbocycles. The molecule has 2 aliphatic rings. The van der Waals surface area contributed by atoms with Gasteiger partial charge >= 0.3 is 0 Å². The normalized spacial score (nSPS) is 24.0. The van der Waals surface area contributed by atoms with Crippen molar-refractivity contribution in [3.63, 3.8) is 0 Å². The summed E-state index contributed by atoms with van der Waals surface area (Å²) in [7, 11) is 1.66. The number of anilines is 1. The minimum atomic E-state index is -0.664. The summed E-state index contributed by atoms with van der Waals surface area (Å²) in [5, 5.41) is 14.9. The molecular weight excluding hydrogens is 468 g/mol. The van der Waals surface area contributed by atoms with E-state index in [-0.39, 0.29) is 22.7 Å². The third-order valence-corrected chi connectivity index (χ3v) is 7.68. The van der Waals surface area contributed by atoms with E-state index in [0.717, 1.165) is 74.3 Å². The predicted octanol–water partition coefficient (Wildman–Crippen LogP) is 4.42. The number of methoxy groups -OCH3 is 1. The van der Waals surface area contributed by atoms with E-state index in [0.29, 0.717) is 5.82 Å². The number of nitro groups is 1. The van der Waals surface area contributed by atoms with E-state index in [4.69, 9.17) is 15.5 Å². The van der Waals surface area contributed by atoms with Gasteiger partial charge in [0.05, 0.1) is 23.3 Å². The van der Waals surface area contributed by atoms with Crippen LogP contribution in [0.3, 0.4) is 0 Å².